The van der Waals surface area contributed by atoms with E-state index in [1.807, 2.05) is 0 Å². The third kappa shape index (κ3) is 6.91. The van der Waals surface area contributed by atoms with E-state index in [0.29, 0.717) is 6.42 Å². The van der Waals surface area contributed by atoms with Crippen LogP contribution < -0.4 is 0 Å². The van der Waals surface area contributed by atoms with Gasteiger partial charge in [-0.3, -0.25) is 0 Å². The normalized spacial score (nSPS) is 12.8. The fourth-order valence-electron chi connectivity index (χ4n) is 1.49. The van der Waals surface area contributed by atoms with Crippen LogP contribution in [0.1, 0.15) is 46.5 Å². The Morgan fingerprint density at radius 3 is 2.50 bits per heavy atom. The van der Waals surface area contributed by atoms with Gasteiger partial charge in [-0.15, -0.1) is 0 Å². The van der Waals surface area contributed by atoms with Crippen LogP contribution in [0, 0.1) is 17.2 Å². The number of rotatable bonds is 8. The van der Waals surface area contributed by atoms with Crippen molar-refractivity contribution in [2.75, 3.05) is 19.6 Å². The molecular weight excluding hydrogens is 172 g/mol. The third-order valence-corrected chi connectivity index (χ3v) is 2.73. The lowest BCUT2D eigenvalue weighted by atomic mass is 10.1. The number of hydrogen-bond donors (Lipinski definition) is 0. The Morgan fingerprint density at radius 1 is 1.29 bits per heavy atom. The van der Waals surface area contributed by atoms with Crippen LogP contribution >= 0.6 is 0 Å². The van der Waals surface area contributed by atoms with Crippen molar-refractivity contribution >= 4 is 0 Å². The Morgan fingerprint density at radius 2 is 2.00 bits per heavy atom. The van der Waals surface area contributed by atoms with Crippen LogP contribution in [-0.4, -0.2) is 24.5 Å². The molecule has 0 aromatic heterocycles. The predicted octanol–water partition coefficient (Wildman–Crippen LogP) is 3.05. The minimum Gasteiger partial charge on any atom is -0.303 e. The van der Waals surface area contributed by atoms with E-state index < -0.39 is 0 Å². The van der Waals surface area contributed by atoms with Gasteiger partial charge in [0, 0.05) is 13.0 Å². The molecule has 0 aliphatic rings. The summed E-state index contributed by atoms with van der Waals surface area (Å²) >= 11 is 0. The lowest BCUT2D eigenvalue weighted by Gasteiger charge is -2.23. The molecule has 0 rings (SSSR count). The number of nitriles is 1. The van der Waals surface area contributed by atoms with Crippen molar-refractivity contribution in [3.8, 4) is 6.07 Å². The Hall–Kier alpha value is -0.550. The van der Waals surface area contributed by atoms with Gasteiger partial charge in [-0.25, -0.2) is 0 Å². The molecule has 0 aromatic rings. The molecule has 0 saturated carbocycles. The Labute approximate surface area is 88.9 Å². The summed E-state index contributed by atoms with van der Waals surface area (Å²) in [6, 6.07) is 2.19. The van der Waals surface area contributed by atoms with Crippen molar-refractivity contribution in [3.63, 3.8) is 0 Å². The predicted molar refractivity (Wildman–Crippen MR) is 61.0 cm³/mol. The van der Waals surface area contributed by atoms with Gasteiger partial charge in [0.15, 0.2) is 0 Å². The second-order valence-corrected chi connectivity index (χ2v) is 4.02. The van der Waals surface area contributed by atoms with Crippen LogP contribution in [0.25, 0.3) is 0 Å². The largest absolute Gasteiger partial charge is 0.303 e. The summed E-state index contributed by atoms with van der Waals surface area (Å²) in [6.07, 6.45) is 4.18. The topological polar surface area (TPSA) is 27.0 Å². The zero-order valence-corrected chi connectivity index (χ0v) is 9.92. The van der Waals surface area contributed by atoms with Gasteiger partial charge in [-0.1, -0.05) is 27.2 Å². The van der Waals surface area contributed by atoms with Crippen LogP contribution in [0.4, 0.5) is 0 Å². The first kappa shape index (κ1) is 13.4. The maximum Gasteiger partial charge on any atom is 0.0621 e. The summed E-state index contributed by atoms with van der Waals surface area (Å²) in [5.74, 6) is 0.797. The van der Waals surface area contributed by atoms with Crippen LogP contribution in [-0.2, 0) is 0 Å². The number of nitrogens with zero attached hydrogens (tertiary/aromatic N) is 2. The maximum atomic E-state index is 8.41. The first-order valence-corrected chi connectivity index (χ1v) is 5.83. The van der Waals surface area contributed by atoms with Crippen molar-refractivity contribution in [2.24, 2.45) is 5.92 Å². The molecule has 0 aliphatic heterocycles. The van der Waals surface area contributed by atoms with Gasteiger partial charge < -0.3 is 4.90 Å². The van der Waals surface area contributed by atoms with E-state index >= 15 is 0 Å². The van der Waals surface area contributed by atoms with Gasteiger partial charge in [-0.2, -0.15) is 5.26 Å². The molecule has 0 amide bonds. The molecule has 0 aromatic carbocycles. The Kier molecular flexibility index (Phi) is 8.67. The molecule has 0 N–H and O–H groups in total. The number of unbranched alkanes of at least 4 members (excludes halogenated alkanes) is 2. The average molecular weight is 196 g/mol. The van der Waals surface area contributed by atoms with Gasteiger partial charge in [-0.05, 0) is 31.8 Å². The summed E-state index contributed by atoms with van der Waals surface area (Å²) < 4.78 is 0. The average Bonchev–Trinajstić information content (AvgIpc) is 2.22. The van der Waals surface area contributed by atoms with E-state index in [0.717, 1.165) is 31.8 Å². The fraction of sp³-hybridized carbons (Fsp3) is 0.917. The SMILES string of the molecule is CCC(C)CN(CC)CCCCC#N. The highest BCUT2D eigenvalue weighted by atomic mass is 15.1. The molecule has 1 atom stereocenters. The zero-order valence-electron chi connectivity index (χ0n) is 9.92. The van der Waals surface area contributed by atoms with Crippen LogP contribution in [0.15, 0.2) is 0 Å². The van der Waals surface area contributed by atoms with Crippen LogP contribution in [0.3, 0.4) is 0 Å². The highest BCUT2D eigenvalue weighted by molar-refractivity contribution is 4.69. The lowest BCUT2D eigenvalue weighted by Crippen LogP contribution is -2.29. The molecular formula is C12H24N2. The minimum absolute atomic E-state index is 0.709. The summed E-state index contributed by atoms with van der Waals surface area (Å²) in [4.78, 5) is 2.49. The quantitative estimate of drug-likeness (QED) is 0.558. The van der Waals surface area contributed by atoms with E-state index in [4.69, 9.17) is 5.26 Å². The van der Waals surface area contributed by atoms with E-state index in [9.17, 15) is 0 Å². The van der Waals surface area contributed by atoms with Crippen LogP contribution in [0.2, 0.25) is 0 Å². The Bertz CT molecular complexity index is 160. The van der Waals surface area contributed by atoms with Crippen molar-refractivity contribution in [1.82, 2.24) is 4.90 Å². The molecule has 0 spiro atoms. The second-order valence-electron chi connectivity index (χ2n) is 4.02. The summed E-state index contributed by atoms with van der Waals surface area (Å²) in [7, 11) is 0. The monoisotopic (exact) mass is 196 g/mol. The molecule has 0 heterocycles. The molecule has 82 valence electrons. The van der Waals surface area contributed by atoms with E-state index in [1.165, 1.54) is 13.0 Å². The zero-order chi connectivity index (χ0) is 10.8. The second kappa shape index (κ2) is 9.02. The van der Waals surface area contributed by atoms with Crippen molar-refractivity contribution in [1.29, 1.82) is 5.26 Å². The van der Waals surface area contributed by atoms with Gasteiger partial charge in [0.05, 0.1) is 6.07 Å². The molecule has 1 unspecified atom stereocenters. The molecule has 0 aliphatic carbocycles. The maximum absolute atomic E-state index is 8.41. The van der Waals surface area contributed by atoms with E-state index in [2.05, 4.69) is 31.7 Å². The summed E-state index contributed by atoms with van der Waals surface area (Å²) in [5, 5.41) is 8.41. The highest BCUT2D eigenvalue weighted by Crippen LogP contribution is 2.05. The van der Waals surface area contributed by atoms with E-state index in [-0.39, 0.29) is 0 Å². The fourth-order valence-corrected chi connectivity index (χ4v) is 1.49. The van der Waals surface area contributed by atoms with Crippen molar-refractivity contribution in [3.05, 3.63) is 0 Å². The van der Waals surface area contributed by atoms with Gasteiger partial charge in [0.1, 0.15) is 0 Å². The van der Waals surface area contributed by atoms with Crippen molar-refractivity contribution in [2.45, 2.75) is 46.5 Å². The first-order valence-electron chi connectivity index (χ1n) is 5.83. The molecule has 14 heavy (non-hydrogen) atoms. The van der Waals surface area contributed by atoms with Gasteiger partial charge in [0.25, 0.3) is 0 Å². The lowest BCUT2D eigenvalue weighted by molar-refractivity contribution is 0.242. The third-order valence-electron chi connectivity index (χ3n) is 2.73. The summed E-state index contributed by atoms with van der Waals surface area (Å²) in [6.45, 7) is 10.3. The molecule has 0 radical (unpaired) electrons. The van der Waals surface area contributed by atoms with Gasteiger partial charge in [0.2, 0.25) is 0 Å². The van der Waals surface area contributed by atoms with Crippen LogP contribution in [0.5, 0.6) is 0 Å². The molecule has 0 saturated heterocycles. The molecule has 0 fully saturated rings. The summed E-state index contributed by atoms with van der Waals surface area (Å²) in [5.41, 5.74) is 0. The molecule has 2 nitrogen and oxygen atoms in total. The number of hydrogen-bond acceptors (Lipinski definition) is 2. The smallest absolute Gasteiger partial charge is 0.0621 e. The standard InChI is InChI=1S/C12H24N2/c1-4-12(3)11-14(5-2)10-8-6-7-9-13/h12H,4-8,10-11H2,1-3H3. The van der Waals surface area contributed by atoms with E-state index in [1.54, 1.807) is 0 Å². The highest BCUT2D eigenvalue weighted by Gasteiger charge is 2.06. The molecule has 2 heteroatoms. The first-order chi connectivity index (χ1) is 6.74. The minimum atomic E-state index is 0.709. The Balaban J connectivity index is 3.53. The molecule has 0 bridgehead atoms. The van der Waals surface area contributed by atoms with Crippen molar-refractivity contribution < 1.29 is 0 Å². The van der Waals surface area contributed by atoms with Gasteiger partial charge >= 0.3 is 0 Å².